The standard InChI is InChI=1S/C22H20BN3O2/c1-15-14-18(23(27)28)12-13-19(15)22-25-20(16-8-4-2-5-9-16)24-21(26-22)17-10-6-3-7-11-17/h2-15,19,27-28H,1H3. The van der Waals surface area contributed by atoms with E-state index in [1.54, 1.807) is 6.08 Å². The van der Waals surface area contributed by atoms with Gasteiger partial charge in [0.2, 0.25) is 0 Å². The van der Waals surface area contributed by atoms with Crippen LogP contribution >= 0.6 is 0 Å². The number of nitrogens with zero attached hydrogens (tertiary/aromatic N) is 3. The Labute approximate surface area is 164 Å². The van der Waals surface area contributed by atoms with Crippen LogP contribution in [-0.4, -0.2) is 32.1 Å². The summed E-state index contributed by atoms with van der Waals surface area (Å²) in [7, 11) is -1.47. The predicted molar refractivity (Wildman–Crippen MR) is 110 cm³/mol. The van der Waals surface area contributed by atoms with Gasteiger partial charge in [-0.25, -0.2) is 15.0 Å². The van der Waals surface area contributed by atoms with Crippen LogP contribution in [-0.2, 0) is 0 Å². The van der Waals surface area contributed by atoms with Crippen molar-refractivity contribution in [1.29, 1.82) is 0 Å². The fraction of sp³-hybridized carbons (Fsp3) is 0.136. The van der Waals surface area contributed by atoms with Crippen LogP contribution in [0.4, 0.5) is 0 Å². The van der Waals surface area contributed by atoms with E-state index in [1.807, 2.05) is 79.7 Å². The molecule has 0 aliphatic heterocycles. The maximum absolute atomic E-state index is 9.43. The van der Waals surface area contributed by atoms with Gasteiger partial charge < -0.3 is 10.0 Å². The van der Waals surface area contributed by atoms with Crippen LogP contribution in [0.25, 0.3) is 22.8 Å². The van der Waals surface area contributed by atoms with Gasteiger partial charge in [-0.2, -0.15) is 0 Å². The van der Waals surface area contributed by atoms with E-state index in [2.05, 4.69) is 0 Å². The molecule has 2 atom stereocenters. The zero-order valence-electron chi connectivity index (χ0n) is 15.5. The van der Waals surface area contributed by atoms with Gasteiger partial charge in [0.1, 0.15) is 5.82 Å². The molecule has 0 amide bonds. The van der Waals surface area contributed by atoms with Crippen molar-refractivity contribution >= 4 is 7.12 Å². The van der Waals surface area contributed by atoms with Crippen LogP contribution in [0.3, 0.4) is 0 Å². The Morgan fingerprint density at radius 3 is 1.79 bits per heavy atom. The van der Waals surface area contributed by atoms with Gasteiger partial charge in [-0.05, 0) is 11.4 Å². The molecule has 0 saturated heterocycles. The molecule has 5 nitrogen and oxygen atoms in total. The lowest BCUT2D eigenvalue weighted by molar-refractivity contribution is 0.419. The quantitative estimate of drug-likeness (QED) is 0.689. The fourth-order valence-electron chi connectivity index (χ4n) is 3.32. The van der Waals surface area contributed by atoms with Gasteiger partial charge in [0, 0.05) is 17.0 Å². The summed E-state index contributed by atoms with van der Waals surface area (Å²) in [5, 5.41) is 18.9. The average Bonchev–Trinajstić information content (AvgIpc) is 2.74. The topological polar surface area (TPSA) is 79.1 Å². The summed E-state index contributed by atoms with van der Waals surface area (Å²) in [5.41, 5.74) is 2.35. The molecule has 1 aromatic heterocycles. The third-order valence-corrected chi connectivity index (χ3v) is 4.83. The molecule has 2 unspecified atom stereocenters. The number of hydrogen-bond acceptors (Lipinski definition) is 5. The van der Waals surface area contributed by atoms with E-state index in [9.17, 15) is 10.0 Å². The lowest BCUT2D eigenvalue weighted by Crippen LogP contribution is -2.21. The molecule has 4 rings (SSSR count). The highest BCUT2D eigenvalue weighted by atomic mass is 16.4. The van der Waals surface area contributed by atoms with Crippen LogP contribution in [0.2, 0.25) is 0 Å². The number of rotatable bonds is 4. The summed E-state index contributed by atoms with van der Waals surface area (Å²) in [6.07, 6.45) is 5.51. The summed E-state index contributed by atoms with van der Waals surface area (Å²) in [6.45, 7) is 2.02. The van der Waals surface area contributed by atoms with Crippen molar-refractivity contribution in [2.24, 2.45) is 5.92 Å². The van der Waals surface area contributed by atoms with Gasteiger partial charge in [-0.1, -0.05) is 85.8 Å². The van der Waals surface area contributed by atoms with Crippen LogP contribution < -0.4 is 0 Å². The number of aromatic nitrogens is 3. The van der Waals surface area contributed by atoms with E-state index in [0.717, 1.165) is 11.1 Å². The highest BCUT2D eigenvalue weighted by Crippen LogP contribution is 2.32. The Bertz CT molecular complexity index is 963. The van der Waals surface area contributed by atoms with Crippen LogP contribution in [0.15, 0.2) is 84.4 Å². The Kier molecular flexibility index (Phi) is 5.15. The third kappa shape index (κ3) is 3.79. The first-order chi connectivity index (χ1) is 13.6. The Hall–Kier alpha value is -3.09. The van der Waals surface area contributed by atoms with Crippen molar-refractivity contribution in [3.63, 3.8) is 0 Å². The molecule has 2 N–H and O–H groups in total. The molecule has 28 heavy (non-hydrogen) atoms. The molecule has 0 radical (unpaired) electrons. The molecule has 0 bridgehead atoms. The fourth-order valence-corrected chi connectivity index (χ4v) is 3.32. The third-order valence-electron chi connectivity index (χ3n) is 4.83. The van der Waals surface area contributed by atoms with Gasteiger partial charge in [-0.15, -0.1) is 0 Å². The Morgan fingerprint density at radius 2 is 1.32 bits per heavy atom. The van der Waals surface area contributed by atoms with Crippen molar-refractivity contribution in [2.75, 3.05) is 0 Å². The normalized spacial score (nSPS) is 18.6. The maximum atomic E-state index is 9.43. The van der Waals surface area contributed by atoms with Crippen LogP contribution in [0.1, 0.15) is 18.7 Å². The van der Waals surface area contributed by atoms with Gasteiger partial charge in [0.05, 0.1) is 0 Å². The van der Waals surface area contributed by atoms with E-state index in [4.69, 9.17) is 15.0 Å². The van der Waals surface area contributed by atoms with Crippen molar-refractivity contribution in [3.8, 4) is 22.8 Å². The first-order valence-corrected chi connectivity index (χ1v) is 9.24. The molecule has 2 aromatic carbocycles. The van der Waals surface area contributed by atoms with E-state index in [-0.39, 0.29) is 11.8 Å². The van der Waals surface area contributed by atoms with Crippen LogP contribution in [0.5, 0.6) is 0 Å². The van der Waals surface area contributed by atoms with Crippen molar-refractivity contribution in [1.82, 2.24) is 15.0 Å². The SMILES string of the molecule is CC1C=C(B(O)O)C=CC1c1nc(-c2ccccc2)nc(-c2ccccc2)n1. The summed E-state index contributed by atoms with van der Waals surface area (Å²) in [5.74, 6) is 1.87. The van der Waals surface area contributed by atoms with Gasteiger partial charge in [-0.3, -0.25) is 0 Å². The van der Waals surface area contributed by atoms with Gasteiger partial charge in [0.25, 0.3) is 0 Å². The summed E-state index contributed by atoms with van der Waals surface area (Å²) in [4.78, 5) is 14.2. The number of benzene rings is 2. The molecule has 138 valence electrons. The molecule has 3 aromatic rings. The van der Waals surface area contributed by atoms with Crippen molar-refractivity contribution < 1.29 is 10.0 Å². The Morgan fingerprint density at radius 1 is 0.786 bits per heavy atom. The first kappa shape index (κ1) is 18.3. The molecule has 0 fully saturated rings. The van der Waals surface area contributed by atoms with Crippen LogP contribution in [0, 0.1) is 5.92 Å². The monoisotopic (exact) mass is 369 g/mol. The molecule has 6 heteroatoms. The van der Waals surface area contributed by atoms with Crippen molar-refractivity contribution in [3.05, 3.63) is 90.2 Å². The van der Waals surface area contributed by atoms with E-state index >= 15 is 0 Å². The minimum atomic E-state index is -1.47. The highest BCUT2D eigenvalue weighted by Gasteiger charge is 2.26. The summed E-state index contributed by atoms with van der Waals surface area (Å²) >= 11 is 0. The maximum Gasteiger partial charge on any atom is 0.488 e. The molecule has 1 aliphatic rings. The number of hydrogen-bond donors (Lipinski definition) is 2. The molecule has 1 aliphatic carbocycles. The summed E-state index contributed by atoms with van der Waals surface area (Å²) < 4.78 is 0. The summed E-state index contributed by atoms with van der Waals surface area (Å²) in [6, 6.07) is 19.7. The number of allylic oxidation sites excluding steroid dienone is 4. The van der Waals surface area contributed by atoms with E-state index in [0.29, 0.717) is 22.9 Å². The molecule has 0 spiro atoms. The van der Waals surface area contributed by atoms with Crippen molar-refractivity contribution in [2.45, 2.75) is 12.8 Å². The highest BCUT2D eigenvalue weighted by molar-refractivity contribution is 6.51. The lowest BCUT2D eigenvalue weighted by Gasteiger charge is -2.22. The molecular formula is C22H20BN3O2. The molecule has 0 saturated carbocycles. The minimum absolute atomic E-state index is 0.0245. The van der Waals surface area contributed by atoms with E-state index < -0.39 is 7.12 Å². The average molecular weight is 369 g/mol. The smallest absolute Gasteiger partial charge is 0.423 e. The second kappa shape index (κ2) is 7.88. The first-order valence-electron chi connectivity index (χ1n) is 9.24. The zero-order chi connectivity index (χ0) is 19.5. The van der Waals surface area contributed by atoms with E-state index in [1.165, 1.54) is 0 Å². The predicted octanol–water partition coefficient (Wildman–Crippen LogP) is 3.43. The second-order valence-corrected chi connectivity index (χ2v) is 6.86. The molecule has 1 heterocycles. The lowest BCUT2D eigenvalue weighted by atomic mass is 9.72. The van der Waals surface area contributed by atoms with Gasteiger partial charge in [0.15, 0.2) is 11.6 Å². The second-order valence-electron chi connectivity index (χ2n) is 6.86. The Balaban J connectivity index is 1.80. The molecular weight excluding hydrogens is 349 g/mol. The zero-order valence-corrected chi connectivity index (χ0v) is 15.5. The minimum Gasteiger partial charge on any atom is -0.423 e. The van der Waals surface area contributed by atoms with Gasteiger partial charge >= 0.3 is 7.12 Å². The largest absolute Gasteiger partial charge is 0.488 e.